The highest BCUT2D eigenvalue weighted by atomic mass is 35.5. The van der Waals surface area contributed by atoms with Gasteiger partial charge in [0, 0.05) is 18.6 Å². The van der Waals surface area contributed by atoms with E-state index in [0.717, 1.165) is 30.2 Å². The molecule has 0 aliphatic carbocycles. The molecular formula is C14H24ClN3O. The van der Waals surface area contributed by atoms with Crippen molar-refractivity contribution in [2.24, 2.45) is 5.92 Å². The van der Waals surface area contributed by atoms with Gasteiger partial charge in [-0.1, -0.05) is 18.5 Å². The Labute approximate surface area is 120 Å². The Morgan fingerprint density at radius 1 is 1.58 bits per heavy atom. The highest BCUT2D eigenvalue weighted by Crippen LogP contribution is 2.37. The summed E-state index contributed by atoms with van der Waals surface area (Å²) in [4.78, 5) is 0. The molecule has 0 aromatic carbocycles. The summed E-state index contributed by atoms with van der Waals surface area (Å²) < 4.78 is 7.85. The smallest absolute Gasteiger partial charge is 0.0834 e. The third-order valence-electron chi connectivity index (χ3n) is 3.97. The topological polar surface area (TPSA) is 39.1 Å². The fraction of sp³-hybridized carbons (Fsp3) is 0.786. The van der Waals surface area contributed by atoms with Gasteiger partial charge in [0.25, 0.3) is 0 Å². The summed E-state index contributed by atoms with van der Waals surface area (Å²) in [5.74, 6) is 0.460. The summed E-state index contributed by atoms with van der Waals surface area (Å²) in [7, 11) is 1.99. The van der Waals surface area contributed by atoms with Crippen LogP contribution in [-0.4, -0.2) is 29.5 Å². The van der Waals surface area contributed by atoms with Crippen molar-refractivity contribution in [3.05, 3.63) is 16.9 Å². The van der Waals surface area contributed by atoms with Crippen LogP contribution in [0.1, 0.15) is 51.4 Å². The Hall–Kier alpha value is -0.580. The molecule has 4 nitrogen and oxygen atoms in total. The normalized spacial score (nSPS) is 25.2. The zero-order valence-electron chi connectivity index (χ0n) is 12.2. The molecule has 1 aliphatic heterocycles. The van der Waals surface area contributed by atoms with Crippen molar-refractivity contribution in [2.75, 3.05) is 13.7 Å². The van der Waals surface area contributed by atoms with E-state index in [-0.39, 0.29) is 6.04 Å². The third-order valence-corrected chi connectivity index (χ3v) is 4.26. The molecule has 0 amide bonds. The fourth-order valence-corrected chi connectivity index (χ4v) is 3.32. The van der Waals surface area contributed by atoms with Gasteiger partial charge in [-0.2, -0.15) is 5.10 Å². The van der Waals surface area contributed by atoms with Crippen LogP contribution in [0.3, 0.4) is 0 Å². The molecule has 2 rings (SSSR count). The minimum Gasteiger partial charge on any atom is -0.378 e. The molecule has 0 spiro atoms. The first kappa shape index (κ1) is 14.8. The van der Waals surface area contributed by atoms with Crippen molar-refractivity contribution in [3.63, 3.8) is 0 Å². The summed E-state index contributed by atoms with van der Waals surface area (Å²) in [5.41, 5.74) is 1.09. The molecule has 0 radical (unpaired) electrons. The van der Waals surface area contributed by atoms with Gasteiger partial charge in [0.1, 0.15) is 0 Å². The highest BCUT2D eigenvalue weighted by molar-refractivity contribution is 6.31. The number of hydrogen-bond donors (Lipinski definition) is 1. The Bertz CT molecular complexity index is 419. The summed E-state index contributed by atoms with van der Waals surface area (Å²) in [6.45, 7) is 7.27. The summed E-state index contributed by atoms with van der Waals surface area (Å²) in [6, 6.07) is 0.505. The molecule has 1 aliphatic rings. The fourth-order valence-electron chi connectivity index (χ4n) is 3.07. The molecule has 1 saturated heterocycles. The average molecular weight is 286 g/mol. The van der Waals surface area contributed by atoms with Gasteiger partial charge in [-0.3, -0.25) is 4.68 Å². The van der Waals surface area contributed by atoms with Gasteiger partial charge in [0.05, 0.1) is 29.1 Å². The number of aromatic nitrogens is 2. The zero-order valence-corrected chi connectivity index (χ0v) is 12.9. The van der Waals surface area contributed by atoms with E-state index in [1.54, 1.807) is 6.20 Å². The number of nitrogens with zero attached hydrogens (tertiary/aromatic N) is 2. The van der Waals surface area contributed by atoms with E-state index in [9.17, 15) is 0 Å². The van der Waals surface area contributed by atoms with E-state index in [1.807, 2.05) is 11.7 Å². The maximum Gasteiger partial charge on any atom is 0.0834 e. The number of halogens is 1. The van der Waals surface area contributed by atoms with E-state index in [4.69, 9.17) is 16.3 Å². The molecule has 3 unspecified atom stereocenters. The first-order valence-corrected chi connectivity index (χ1v) is 7.49. The lowest BCUT2D eigenvalue weighted by Gasteiger charge is -2.28. The van der Waals surface area contributed by atoms with Crippen LogP contribution in [0.25, 0.3) is 0 Å². The maximum atomic E-state index is 6.37. The molecule has 3 atom stereocenters. The largest absolute Gasteiger partial charge is 0.378 e. The molecular weight excluding hydrogens is 262 g/mol. The summed E-state index contributed by atoms with van der Waals surface area (Å²) in [6.07, 6.45) is 4.17. The quantitative estimate of drug-likeness (QED) is 0.903. The SMILES string of the molecule is CCC1OCCC1C(NC)c1c(Cl)cnn1C(C)C. The van der Waals surface area contributed by atoms with Crippen molar-refractivity contribution in [1.82, 2.24) is 15.1 Å². The molecule has 1 fully saturated rings. The van der Waals surface area contributed by atoms with Crippen molar-refractivity contribution in [1.29, 1.82) is 0 Å². The van der Waals surface area contributed by atoms with Crippen LogP contribution < -0.4 is 5.32 Å². The van der Waals surface area contributed by atoms with Crippen molar-refractivity contribution >= 4 is 11.6 Å². The van der Waals surface area contributed by atoms with Crippen LogP contribution in [0.2, 0.25) is 5.02 Å². The zero-order chi connectivity index (χ0) is 14.0. The second-order valence-electron chi connectivity index (χ2n) is 5.45. The monoisotopic (exact) mass is 285 g/mol. The minimum atomic E-state index is 0.199. The first-order chi connectivity index (χ1) is 9.10. The van der Waals surface area contributed by atoms with Crippen LogP contribution in [0.5, 0.6) is 0 Å². The van der Waals surface area contributed by atoms with Gasteiger partial charge in [-0.15, -0.1) is 0 Å². The molecule has 108 valence electrons. The molecule has 2 heterocycles. The van der Waals surface area contributed by atoms with Crippen molar-refractivity contribution < 1.29 is 4.74 Å². The van der Waals surface area contributed by atoms with Gasteiger partial charge >= 0.3 is 0 Å². The lowest BCUT2D eigenvalue weighted by molar-refractivity contribution is 0.0771. The van der Waals surface area contributed by atoms with Crippen molar-refractivity contribution in [2.45, 2.75) is 51.8 Å². The predicted octanol–water partition coefficient (Wildman–Crippen LogP) is 3.19. The van der Waals surface area contributed by atoms with Gasteiger partial charge in [0.2, 0.25) is 0 Å². The van der Waals surface area contributed by atoms with E-state index in [1.165, 1.54) is 0 Å². The van der Waals surface area contributed by atoms with Crippen LogP contribution >= 0.6 is 11.6 Å². The Morgan fingerprint density at radius 3 is 2.89 bits per heavy atom. The van der Waals surface area contributed by atoms with Crippen LogP contribution in [-0.2, 0) is 4.74 Å². The summed E-state index contributed by atoms with van der Waals surface area (Å²) >= 11 is 6.37. The molecule has 0 bridgehead atoms. The average Bonchev–Trinajstić information content (AvgIpc) is 2.98. The second-order valence-corrected chi connectivity index (χ2v) is 5.86. The Balaban J connectivity index is 2.34. The van der Waals surface area contributed by atoms with E-state index >= 15 is 0 Å². The number of ether oxygens (including phenoxy) is 1. The molecule has 1 N–H and O–H groups in total. The lowest BCUT2D eigenvalue weighted by atomic mass is 9.89. The van der Waals surface area contributed by atoms with Gasteiger partial charge < -0.3 is 10.1 Å². The van der Waals surface area contributed by atoms with E-state index < -0.39 is 0 Å². The maximum absolute atomic E-state index is 6.37. The van der Waals surface area contributed by atoms with E-state index in [0.29, 0.717) is 18.1 Å². The standard InChI is InChI=1S/C14H24ClN3O/c1-5-12-10(6-7-19-12)13(16-4)14-11(15)8-17-18(14)9(2)3/h8-10,12-13,16H,5-7H2,1-4H3. The predicted molar refractivity (Wildman–Crippen MR) is 77.6 cm³/mol. The Kier molecular flexibility index (Phi) is 4.87. The Morgan fingerprint density at radius 2 is 2.32 bits per heavy atom. The molecule has 1 aromatic heterocycles. The minimum absolute atomic E-state index is 0.199. The number of nitrogens with one attached hydrogen (secondary N) is 1. The van der Waals surface area contributed by atoms with Crippen LogP contribution in [0, 0.1) is 5.92 Å². The summed E-state index contributed by atoms with van der Waals surface area (Å²) in [5, 5.41) is 8.58. The number of hydrogen-bond acceptors (Lipinski definition) is 3. The lowest BCUT2D eigenvalue weighted by Crippen LogP contribution is -2.33. The van der Waals surface area contributed by atoms with Crippen molar-refractivity contribution in [3.8, 4) is 0 Å². The first-order valence-electron chi connectivity index (χ1n) is 7.11. The van der Waals surface area contributed by atoms with Gasteiger partial charge in [-0.25, -0.2) is 0 Å². The third kappa shape index (κ3) is 2.81. The number of rotatable bonds is 5. The van der Waals surface area contributed by atoms with E-state index in [2.05, 4.69) is 31.2 Å². The van der Waals surface area contributed by atoms with Gasteiger partial charge in [0.15, 0.2) is 0 Å². The molecule has 1 aromatic rings. The molecule has 0 saturated carbocycles. The van der Waals surface area contributed by atoms with Crippen LogP contribution in [0.15, 0.2) is 6.20 Å². The van der Waals surface area contributed by atoms with Gasteiger partial charge in [-0.05, 0) is 33.7 Å². The highest BCUT2D eigenvalue weighted by Gasteiger charge is 2.36. The second kappa shape index (κ2) is 6.25. The molecule has 19 heavy (non-hydrogen) atoms. The molecule has 5 heteroatoms. The van der Waals surface area contributed by atoms with Crippen LogP contribution in [0.4, 0.5) is 0 Å².